The second-order valence-corrected chi connectivity index (χ2v) is 7.48. The Kier molecular flexibility index (Phi) is 3.79. The van der Waals surface area contributed by atoms with Crippen molar-refractivity contribution in [2.45, 2.75) is 31.1 Å². The molecule has 1 aliphatic carbocycles. The van der Waals surface area contributed by atoms with Crippen LogP contribution in [0.4, 0.5) is 0 Å². The standard InChI is InChI=1S/C10H19ClN2O2S/c1-12(8-9-6-10(11)7-9)16(14,15)13-4-2-3-5-13/h9-10H,2-8H2,1H3. The van der Waals surface area contributed by atoms with E-state index in [4.69, 9.17) is 11.6 Å². The molecule has 1 saturated carbocycles. The van der Waals surface area contributed by atoms with E-state index in [1.54, 1.807) is 11.4 Å². The average Bonchev–Trinajstić information content (AvgIpc) is 2.68. The van der Waals surface area contributed by atoms with Crippen LogP contribution in [-0.2, 0) is 10.2 Å². The Hall–Kier alpha value is 0.160. The zero-order valence-electron chi connectivity index (χ0n) is 9.60. The average molecular weight is 267 g/mol. The van der Waals surface area contributed by atoms with Crippen LogP contribution < -0.4 is 0 Å². The third-order valence-corrected chi connectivity index (χ3v) is 5.79. The third-order valence-electron chi connectivity index (χ3n) is 3.48. The van der Waals surface area contributed by atoms with Gasteiger partial charge >= 0.3 is 0 Å². The number of hydrogen-bond acceptors (Lipinski definition) is 2. The van der Waals surface area contributed by atoms with Gasteiger partial charge in [-0.2, -0.15) is 17.0 Å². The fourth-order valence-corrected chi connectivity index (χ4v) is 4.39. The summed E-state index contributed by atoms with van der Waals surface area (Å²) >= 11 is 5.89. The summed E-state index contributed by atoms with van der Waals surface area (Å²) in [5.41, 5.74) is 0. The normalized spacial score (nSPS) is 31.9. The Bertz CT molecular complexity index is 335. The van der Waals surface area contributed by atoms with Crippen molar-refractivity contribution < 1.29 is 8.42 Å². The van der Waals surface area contributed by atoms with E-state index in [9.17, 15) is 8.42 Å². The maximum atomic E-state index is 12.1. The largest absolute Gasteiger partial charge is 0.281 e. The van der Waals surface area contributed by atoms with E-state index in [1.165, 1.54) is 4.31 Å². The van der Waals surface area contributed by atoms with Crippen LogP contribution in [0.3, 0.4) is 0 Å². The van der Waals surface area contributed by atoms with E-state index < -0.39 is 10.2 Å². The van der Waals surface area contributed by atoms with Gasteiger partial charge in [0.15, 0.2) is 0 Å². The molecule has 0 aromatic rings. The Balaban J connectivity index is 1.89. The number of halogens is 1. The molecule has 0 aromatic carbocycles. The van der Waals surface area contributed by atoms with Gasteiger partial charge in [-0.15, -0.1) is 11.6 Å². The zero-order valence-corrected chi connectivity index (χ0v) is 11.2. The van der Waals surface area contributed by atoms with E-state index in [0.717, 1.165) is 25.7 Å². The van der Waals surface area contributed by atoms with Crippen molar-refractivity contribution in [3.05, 3.63) is 0 Å². The van der Waals surface area contributed by atoms with Gasteiger partial charge in [0.05, 0.1) is 0 Å². The first kappa shape index (κ1) is 12.6. The monoisotopic (exact) mass is 266 g/mol. The lowest BCUT2D eigenvalue weighted by Crippen LogP contribution is -2.44. The molecule has 16 heavy (non-hydrogen) atoms. The molecule has 6 heteroatoms. The molecule has 0 amide bonds. The quantitative estimate of drug-likeness (QED) is 0.719. The number of hydrogen-bond donors (Lipinski definition) is 0. The number of rotatable bonds is 4. The second-order valence-electron chi connectivity index (χ2n) is 4.83. The molecule has 1 heterocycles. The summed E-state index contributed by atoms with van der Waals surface area (Å²) in [5, 5.41) is 0.257. The summed E-state index contributed by atoms with van der Waals surface area (Å²) in [6, 6.07) is 0. The molecule has 0 N–H and O–H groups in total. The van der Waals surface area contributed by atoms with E-state index in [2.05, 4.69) is 0 Å². The summed E-state index contributed by atoms with van der Waals surface area (Å²) < 4.78 is 27.3. The molecule has 0 unspecified atom stereocenters. The molecule has 4 nitrogen and oxygen atoms in total. The zero-order chi connectivity index (χ0) is 11.8. The van der Waals surface area contributed by atoms with Crippen LogP contribution in [0.5, 0.6) is 0 Å². The number of alkyl halides is 1. The van der Waals surface area contributed by atoms with Crippen molar-refractivity contribution in [3.63, 3.8) is 0 Å². The molecule has 0 bridgehead atoms. The summed E-state index contributed by atoms with van der Waals surface area (Å²) in [4.78, 5) is 0. The first-order valence-corrected chi connectivity index (χ1v) is 7.69. The van der Waals surface area contributed by atoms with Gasteiger partial charge in [-0.05, 0) is 31.6 Å². The highest BCUT2D eigenvalue weighted by Gasteiger charge is 2.34. The van der Waals surface area contributed by atoms with Gasteiger partial charge in [0.2, 0.25) is 0 Å². The molecule has 0 radical (unpaired) electrons. The van der Waals surface area contributed by atoms with Gasteiger partial charge in [-0.1, -0.05) is 0 Å². The maximum absolute atomic E-state index is 12.1. The summed E-state index contributed by atoms with van der Waals surface area (Å²) in [7, 11) is -1.53. The molecule has 0 aromatic heterocycles. The van der Waals surface area contributed by atoms with E-state index >= 15 is 0 Å². The van der Waals surface area contributed by atoms with Gasteiger partial charge in [-0.25, -0.2) is 0 Å². The van der Waals surface area contributed by atoms with Crippen molar-refractivity contribution in [2.75, 3.05) is 26.7 Å². The Morgan fingerprint density at radius 1 is 1.31 bits per heavy atom. The third kappa shape index (κ3) is 2.53. The fourth-order valence-electron chi connectivity index (χ4n) is 2.38. The Labute approximate surface area is 103 Å². The SMILES string of the molecule is CN(CC1CC(Cl)C1)S(=O)(=O)N1CCCC1. The lowest BCUT2D eigenvalue weighted by atomic mass is 9.85. The van der Waals surface area contributed by atoms with Crippen LogP contribution in [0.15, 0.2) is 0 Å². The predicted octanol–water partition coefficient (Wildman–Crippen LogP) is 1.28. The minimum absolute atomic E-state index is 0.257. The molecular formula is C10H19ClN2O2S. The van der Waals surface area contributed by atoms with Gasteiger partial charge in [-0.3, -0.25) is 0 Å². The highest BCUT2D eigenvalue weighted by atomic mass is 35.5. The van der Waals surface area contributed by atoms with Crippen LogP contribution in [0, 0.1) is 5.92 Å². The second kappa shape index (κ2) is 4.80. The lowest BCUT2D eigenvalue weighted by molar-refractivity contribution is 0.260. The van der Waals surface area contributed by atoms with Crippen LogP contribution in [0.2, 0.25) is 0 Å². The highest BCUT2D eigenvalue weighted by molar-refractivity contribution is 7.86. The van der Waals surface area contributed by atoms with Gasteiger partial charge in [0.25, 0.3) is 10.2 Å². The minimum atomic E-state index is -3.20. The van der Waals surface area contributed by atoms with E-state index in [1.807, 2.05) is 0 Å². The molecule has 2 rings (SSSR count). The molecular weight excluding hydrogens is 248 g/mol. The maximum Gasteiger partial charge on any atom is 0.281 e. The molecule has 0 atom stereocenters. The molecule has 2 aliphatic rings. The summed E-state index contributed by atoms with van der Waals surface area (Å²) in [6.45, 7) is 1.97. The van der Waals surface area contributed by atoms with Crippen molar-refractivity contribution in [1.29, 1.82) is 0 Å². The topological polar surface area (TPSA) is 40.6 Å². The predicted molar refractivity (Wildman–Crippen MR) is 64.7 cm³/mol. The molecule has 0 spiro atoms. The van der Waals surface area contributed by atoms with Gasteiger partial charge < -0.3 is 0 Å². The Morgan fingerprint density at radius 3 is 2.38 bits per heavy atom. The summed E-state index contributed by atoms with van der Waals surface area (Å²) in [6.07, 6.45) is 3.86. The molecule has 2 fully saturated rings. The van der Waals surface area contributed by atoms with Crippen molar-refractivity contribution in [1.82, 2.24) is 8.61 Å². The molecule has 94 valence electrons. The highest BCUT2D eigenvalue weighted by Crippen LogP contribution is 2.33. The van der Waals surface area contributed by atoms with Crippen molar-refractivity contribution in [3.8, 4) is 0 Å². The van der Waals surface area contributed by atoms with Crippen LogP contribution >= 0.6 is 11.6 Å². The summed E-state index contributed by atoms with van der Waals surface area (Å²) in [5.74, 6) is 0.449. The van der Waals surface area contributed by atoms with Crippen molar-refractivity contribution in [2.24, 2.45) is 5.92 Å². The first-order valence-electron chi connectivity index (χ1n) is 5.85. The minimum Gasteiger partial charge on any atom is -0.195 e. The van der Waals surface area contributed by atoms with Crippen LogP contribution in [0.25, 0.3) is 0 Å². The smallest absolute Gasteiger partial charge is 0.195 e. The van der Waals surface area contributed by atoms with Crippen LogP contribution in [-0.4, -0.2) is 49.1 Å². The number of nitrogens with zero attached hydrogens (tertiary/aromatic N) is 2. The molecule has 1 aliphatic heterocycles. The van der Waals surface area contributed by atoms with E-state index in [-0.39, 0.29) is 5.38 Å². The van der Waals surface area contributed by atoms with Crippen LogP contribution in [0.1, 0.15) is 25.7 Å². The lowest BCUT2D eigenvalue weighted by Gasteiger charge is -2.34. The van der Waals surface area contributed by atoms with E-state index in [0.29, 0.717) is 25.6 Å². The van der Waals surface area contributed by atoms with Gasteiger partial charge in [0.1, 0.15) is 0 Å². The van der Waals surface area contributed by atoms with Crippen molar-refractivity contribution >= 4 is 21.8 Å². The fraction of sp³-hybridized carbons (Fsp3) is 1.00. The molecule has 1 saturated heterocycles. The van der Waals surface area contributed by atoms with Gasteiger partial charge in [0, 0.05) is 32.1 Å². The Morgan fingerprint density at radius 2 is 1.88 bits per heavy atom. The first-order chi connectivity index (χ1) is 7.50.